The maximum atomic E-state index is 13.7. The van der Waals surface area contributed by atoms with Crippen molar-refractivity contribution in [3.05, 3.63) is 46.2 Å². The van der Waals surface area contributed by atoms with E-state index >= 15 is 0 Å². The maximum Gasteiger partial charge on any atom is 0.303 e. The number of nitrogens with zero attached hydrogens (tertiary/aromatic N) is 5. The molecule has 0 unspecified atom stereocenters. The lowest BCUT2D eigenvalue weighted by molar-refractivity contribution is -0.142. The lowest BCUT2D eigenvalue weighted by Crippen LogP contribution is -2.56. The SMILES string of the molecule is CC(=O)OCc1nnc(-c2ccc(N3CCC(Oc4cc(F)ccc4Cl)(C(=O)NS)CC3)nn2)s1. The van der Waals surface area contributed by atoms with E-state index in [-0.39, 0.29) is 30.2 Å². The molecule has 1 aliphatic rings. The number of rotatable bonds is 7. The van der Waals surface area contributed by atoms with Crippen LogP contribution in [0.25, 0.3) is 10.7 Å². The van der Waals surface area contributed by atoms with Crippen LogP contribution in [0, 0.1) is 5.82 Å². The van der Waals surface area contributed by atoms with E-state index in [1.807, 2.05) is 4.90 Å². The minimum atomic E-state index is -1.27. The molecule has 0 bridgehead atoms. The summed E-state index contributed by atoms with van der Waals surface area (Å²) < 4.78 is 26.9. The van der Waals surface area contributed by atoms with Gasteiger partial charge in [0, 0.05) is 38.9 Å². The van der Waals surface area contributed by atoms with Crippen molar-refractivity contribution in [3.8, 4) is 16.5 Å². The molecule has 0 aliphatic carbocycles. The van der Waals surface area contributed by atoms with Crippen LogP contribution >= 0.6 is 35.8 Å². The first-order valence-corrected chi connectivity index (χ1v) is 12.1. The Morgan fingerprint density at radius 3 is 2.63 bits per heavy atom. The van der Waals surface area contributed by atoms with Crippen LogP contribution in [0.5, 0.6) is 5.75 Å². The maximum absolute atomic E-state index is 13.7. The largest absolute Gasteiger partial charge is 0.476 e. The first kappa shape index (κ1) is 25.1. The van der Waals surface area contributed by atoms with E-state index in [0.717, 1.165) is 6.07 Å². The number of thiol groups is 1. The summed E-state index contributed by atoms with van der Waals surface area (Å²) in [6.45, 7) is 2.22. The Bertz CT molecular complexity index is 1220. The van der Waals surface area contributed by atoms with Crippen LogP contribution in [0.15, 0.2) is 30.3 Å². The number of esters is 1. The van der Waals surface area contributed by atoms with E-state index < -0.39 is 23.3 Å². The van der Waals surface area contributed by atoms with Crippen LogP contribution in [-0.4, -0.2) is 51.0 Å². The van der Waals surface area contributed by atoms with Gasteiger partial charge in [0.15, 0.2) is 21.4 Å². The molecule has 1 N–H and O–H groups in total. The van der Waals surface area contributed by atoms with Gasteiger partial charge in [-0.25, -0.2) is 4.39 Å². The highest BCUT2D eigenvalue weighted by Crippen LogP contribution is 2.35. The molecule has 3 aromatic rings. The van der Waals surface area contributed by atoms with Crippen LogP contribution in [0.1, 0.15) is 24.8 Å². The van der Waals surface area contributed by atoms with Crippen molar-refractivity contribution < 1.29 is 23.5 Å². The number of piperidine rings is 1. The molecule has 3 heterocycles. The number of nitrogens with one attached hydrogen (secondary N) is 1. The molecule has 1 fully saturated rings. The van der Waals surface area contributed by atoms with Gasteiger partial charge in [-0.3, -0.25) is 14.3 Å². The van der Waals surface area contributed by atoms with Gasteiger partial charge in [-0.2, -0.15) is 0 Å². The quantitative estimate of drug-likeness (QED) is 0.345. The molecule has 10 nitrogen and oxygen atoms in total. The Balaban J connectivity index is 1.44. The molecule has 1 aliphatic heterocycles. The van der Waals surface area contributed by atoms with Crippen LogP contribution in [0.3, 0.4) is 0 Å². The third kappa shape index (κ3) is 5.80. The molecule has 184 valence electrons. The number of anilines is 1. The highest BCUT2D eigenvalue weighted by Gasteiger charge is 2.44. The van der Waals surface area contributed by atoms with Crippen LogP contribution in [0.2, 0.25) is 5.02 Å². The number of hydrogen-bond donors (Lipinski definition) is 2. The number of aromatic nitrogens is 4. The van der Waals surface area contributed by atoms with E-state index in [1.165, 1.54) is 30.4 Å². The summed E-state index contributed by atoms with van der Waals surface area (Å²) >= 11 is 11.3. The van der Waals surface area contributed by atoms with Gasteiger partial charge in [0.25, 0.3) is 5.91 Å². The second-order valence-electron chi connectivity index (χ2n) is 7.66. The zero-order chi connectivity index (χ0) is 25.0. The Hall–Kier alpha value is -3.03. The summed E-state index contributed by atoms with van der Waals surface area (Å²) in [5, 5.41) is 17.9. The molecule has 0 radical (unpaired) electrons. The van der Waals surface area contributed by atoms with Gasteiger partial charge >= 0.3 is 5.97 Å². The molecule has 1 amide bonds. The Morgan fingerprint density at radius 2 is 1.97 bits per heavy atom. The molecule has 0 spiro atoms. The fourth-order valence-electron chi connectivity index (χ4n) is 3.53. The average Bonchev–Trinajstić information content (AvgIpc) is 3.34. The van der Waals surface area contributed by atoms with Crippen molar-refractivity contribution >= 4 is 53.4 Å². The number of halogens is 2. The normalized spacial score (nSPS) is 14.9. The molecule has 1 aromatic carbocycles. The van der Waals surface area contributed by atoms with Gasteiger partial charge in [-0.05, 0) is 24.3 Å². The van der Waals surface area contributed by atoms with Crippen molar-refractivity contribution in [3.63, 3.8) is 0 Å². The predicted octanol–water partition coefficient (Wildman–Crippen LogP) is 3.23. The van der Waals surface area contributed by atoms with Crippen LogP contribution in [-0.2, 0) is 20.9 Å². The molecule has 0 saturated carbocycles. The number of hydrogen-bond acceptors (Lipinski definition) is 11. The summed E-state index contributed by atoms with van der Waals surface area (Å²) in [5.41, 5.74) is -0.737. The second-order valence-corrected chi connectivity index (χ2v) is 9.35. The average molecular weight is 539 g/mol. The lowest BCUT2D eigenvalue weighted by atomic mass is 9.90. The second kappa shape index (κ2) is 10.7. The van der Waals surface area contributed by atoms with Crippen molar-refractivity contribution in [2.45, 2.75) is 32.0 Å². The number of amides is 1. The number of carbonyl (C=O) groups is 2. The Labute approximate surface area is 214 Å². The number of carbonyl (C=O) groups excluding carboxylic acids is 2. The third-order valence-electron chi connectivity index (χ3n) is 5.34. The van der Waals surface area contributed by atoms with Crippen molar-refractivity contribution in [2.24, 2.45) is 0 Å². The summed E-state index contributed by atoms with van der Waals surface area (Å²) in [5.74, 6) is -0.656. The molecule has 35 heavy (non-hydrogen) atoms. The van der Waals surface area contributed by atoms with Gasteiger partial charge in [0.1, 0.15) is 23.9 Å². The zero-order valence-corrected chi connectivity index (χ0v) is 20.9. The minimum absolute atomic E-state index is 0.0524. The van der Waals surface area contributed by atoms with E-state index in [1.54, 1.807) is 12.1 Å². The number of benzene rings is 1. The smallest absolute Gasteiger partial charge is 0.303 e. The topological polar surface area (TPSA) is 119 Å². The molecule has 0 atom stereocenters. The van der Waals surface area contributed by atoms with Gasteiger partial charge < -0.3 is 14.4 Å². The molecule has 2 aromatic heterocycles. The molecular formula is C21H20ClFN6O4S2. The zero-order valence-electron chi connectivity index (χ0n) is 18.4. The minimum Gasteiger partial charge on any atom is -0.476 e. The van der Waals surface area contributed by atoms with Gasteiger partial charge in [-0.1, -0.05) is 35.8 Å². The number of ether oxygens (including phenoxy) is 2. The Morgan fingerprint density at radius 1 is 1.20 bits per heavy atom. The predicted molar refractivity (Wildman–Crippen MR) is 130 cm³/mol. The molecule has 14 heteroatoms. The van der Waals surface area contributed by atoms with Gasteiger partial charge in [0.05, 0.1) is 5.02 Å². The summed E-state index contributed by atoms with van der Waals surface area (Å²) in [6, 6.07) is 7.31. The van der Waals surface area contributed by atoms with E-state index in [9.17, 15) is 14.0 Å². The first-order chi connectivity index (χ1) is 16.8. The van der Waals surface area contributed by atoms with Crippen molar-refractivity contribution in [1.82, 2.24) is 25.1 Å². The van der Waals surface area contributed by atoms with Gasteiger partial charge in [-0.15, -0.1) is 20.4 Å². The summed E-state index contributed by atoms with van der Waals surface area (Å²) in [7, 11) is 0. The third-order valence-corrected chi connectivity index (χ3v) is 6.78. The monoisotopic (exact) mass is 538 g/mol. The van der Waals surface area contributed by atoms with E-state index in [0.29, 0.717) is 34.6 Å². The molecule has 1 saturated heterocycles. The standard InChI is InChI=1S/C21H20ClFN6O4S2/c1-12(30)32-11-18-26-27-19(35-18)15-4-5-17(25-24-15)29-8-6-21(7-9-29,20(31)28-34)33-16-10-13(23)2-3-14(16)22/h2-5,10,34H,6-9,11H2,1H3,(H,28,31). The Kier molecular flexibility index (Phi) is 7.67. The van der Waals surface area contributed by atoms with Crippen molar-refractivity contribution in [2.75, 3.05) is 18.0 Å². The summed E-state index contributed by atoms with van der Waals surface area (Å²) in [4.78, 5) is 25.6. The lowest BCUT2D eigenvalue weighted by Gasteiger charge is -2.40. The highest BCUT2D eigenvalue weighted by atomic mass is 35.5. The molecular weight excluding hydrogens is 519 g/mol. The van der Waals surface area contributed by atoms with E-state index in [4.69, 9.17) is 21.1 Å². The van der Waals surface area contributed by atoms with Crippen molar-refractivity contribution in [1.29, 1.82) is 0 Å². The fraction of sp³-hybridized carbons (Fsp3) is 0.333. The van der Waals surface area contributed by atoms with Gasteiger partial charge in [0.2, 0.25) is 0 Å². The van der Waals surface area contributed by atoms with E-state index in [2.05, 4.69) is 37.9 Å². The molecule has 4 rings (SSSR count). The fourth-order valence-corrected chi connectivity index (χ4v) is 4.60. The summed E-state index contributed by atoms with van der Waals surface area (Å²) in [6.07, 6.45) is 0.567. The highest BCUT2D eigenvalue weighted by molar-refractivity contribution is 7.78. The first-order valence-electron chi connectivity index (χ1n) is 10.4. The van der Waals surface area contributed by atoms with Crippen LogP contribution < -0.4 is 14.4 Å². The van der Waals surface area contributed by atoms with Crippen LogP contribution in [0.4, 0.5) is 10.2 Å².